The lowest BCUT2D eigenvalue weighted by Crippen LogP contribution is -2.58. The molecule has 20 heteroatoms. The highest BCUT2D eigenvalue weighted by molar-refractivity contribution is 7.80. The van der Waals surface area contributed by atoms with E-state index in [4.69, 9.17) is 10.8 Å². The quantitative estimate of drug-likeness (QED) is 0.0611. The number of carbonyl (C=O) groups is 8. The Labute approximate surface area is 327 Å². The molecule has 0 bridgehead atoms. The number of aromatic hydroxyl groups is 1. The van der Waals surface area contributed by atoms with Gasteiger partial charge >= 0.3 is 5.97 Å². The normalized spacial score (nSPS) is 15.7. The summed E-state index contributed by atoms with van der Waals surface area (Å²) in [6, 6.07) is 9.13. The average Bonchev–Trinajstić information content (AvgIpc) is 3.67. The maximum Gasteiger partial charge on any atom is 0.327 e. The largest absolute Gasteiger partial charge is 0.508 e. The van der Waals surface area contributed by atoms with E-state index in [1.54, 1.807) is 42.5 Å². The third-order valence-electron chi connectivity index (χ3n) is 8.41. The fourth-order valence-electron chi connectivity index (χ4n) is 5.49. The molecule has 55 heavy (non-hydrogen) atoms. The second-order valence-electron chi connectivity index (χ2n) is 12.6. The van der Waals surface area contributed by atoms with Crippen molar-refractivity contribution < 1.29 is 48.6 Å². The molecule has 298 valence electrons. The van der Waals surface area contributed by atoms with Crippen molar-refractivity contribution in [1.29, 1.82) is 0 Å². The zero-order chi connectivity index (χ0) is 40.5. The maximum absolute atomic E-state index is 14.0. The zero-order valence-electron chi connectivity index (χ0n) is 29.7. The molecule has 1 fully saturated rings. The molecule has 1 heterocycles. The topological polar surface area (TPSA) is 278 Å². The van der Waals surface area contributed by atoms with E-state index in [1.165, 1.54) is 17.0 Å². The summed E-state index contributed by atoms with van der Waals surface area (Å²) in [6.07, 6.45) is 0.690. The van der Waals surface area contributed by atoms with Gasteiger partial charge in [-0.3, -0.25) is 33.6 Å². The number of phenols is 1. The average molecular weight is 803 g/mol. The van der Waals surface area contributed by atoms with Gasteiger partial charge in [-0.05, 0) is 36.1 Å². The highest BCUT2D eigenvalue weighted by Gasteiger charge is 2.39. The number of rotatable bonds is 20. The number of hydrogen-bond acceptors (Lipinski definition) is 12. The number of carboxylic acids is 1. The first-order valence-electron chi connectivity index (χ1n) is 17.3. The lowest BCUT2D eigenvalue weighted by atomic mass is 10.0. The second-order valence-corrected chi connectivity index (χ2v) is 13.3. The van der Waals surface area contributed by atoms with Crippen molar-refractivity contribution in [3.63, 3.8) is 0 Å². The van der Waals surface area contributed by atoms with Crippen molar-refractivity contribution in [2.45, 2.75) is 55.9 Å². The molecule has 5 atom stereocenters. The number of amides is 7. The van der Waals surface area contributed by atoms with E-state index in [9.17, 15) is 43.5 Å². The molecule has 7 amide bonds. The number of nitrogens with zero attached hydrogens (tertiary/aromatic N) is 1. The number of likely N-dealkylation sites (tertiary alicyclic amines) is 1. The van der Waals surface area contributed by atoms with Crippen LogP contribution in [-0.4, -0.2) is 130 Å². The van der Waals surface area contributed by atoms with E-state index in [1.807, 2.05) is 0 Å². The third-order valence-corrected chi connectivity index (χ3v) is 9.16. The summed E-state index contributed by atoms with van der Waals surface area (Å²) in [5.74, 6) is -6.27. The van der Waals surface area contributed by atoms with Crippen molar-refractivity contribution in [2.75, 3.05) is 37.7 Å². The Morgan fingerprint density at radius 3 is 1.89 bits per heavy atom. The Kier molecular flexibility index (Phi) is 17.7. The van der Waals surface area contributed by atoms with E-state index in [-0.39, 0.29) is 43.1 Å². The minimum atomic E-state index is -1.30. The van der Waals surface area contributed by atoms with Crippen LogP contribution in [0.3, 0.4) is 0 Å². The lowest BCUT2D eigenvalue weighted by Gasteiger charge is -2.30. The summed E-state index contributed by atoms with van der Waals surface area (Å²) >= 11 is 7.83. The van der Waals surface area contributed by atoms with Gasteiger partial charge in [-0.15, -0.1) is 0 Å². The monoisotopic (exact) mass is 802 g/mol. The Hall–Kier alpha value is -5.34. The maximum atomic E-state index is 14.0. The van der Waals surface area contributed by atoms with Crippen molar-refractivity contribution >= 4 is 72.6 Å². The first-order valence-corrected chi connectivity index (χ1v) is 18.5. The lowest BCUT2D eigenvalue weighted by molar-refractivity contribution is -0.142. The fraction of sp³-hybridized carbons (Fsp3) is 0.429. The summed E-state index contributed by atoms with van der Waals surface area (Å²) in [4.78, 5) is 103. The number of phenolic OH excluding ortho intramolecular Hbond substituents is 1. The molecule has 18 nitrogen and oxygen atoms in total. The van der Waals surface area contributed by atoms with Crippen LogP contribution in [0.1, 0.15) is 24.0 Å². The van der Waals surface area contributed by atoms with Crippen LogP contribution < -0.4 is 37.6 Å². The summed E-state index contributed by atoms with van der Waals surface area (Å²) < 4.78 is 0. The van der Waals surface area contributed by atoms with Crippen molar-refractivity contribution in [2.24, 2.45) is 5.73 Å². The van der Waals surface area contributed by atoms with Crippen LogP contribution in [0.4, 0.5) is 0 Å². The Balaban J connectivity index is 1.72. The van der Waals surface area contributed by atoms with Crippen LogP contribution in [0.2, 0.25) is 0 Å². The molecule has 2 aromatic rings. The molecule has 0 spiro atoms. The summed E-state index contributed by atoms with van der Waals surface area (Å²) in [5.41, 5.74) is 6.93. The van der Waals surface area contributed by atoms with E-state index in [0.29, 0.717) is 12.0 Å². The smallest absolute Gasteiger partial charge is 0.327 e. The first-order chi connectivity index (χ1) is 26.2. The van der Waals surface area contributed by atoms with Gasteiger partial charge in [0.05, 0.1) is 25.7 Å². The van der Waals surface area contributed by atoms with Gasteiger partial charge in [-0.25, -0.2) is 4.79 Å². The SMILES string of the molecule is N[C@@H](CS)C(=O)NCC(=O)N[C@@H](Cc1ccccc1)C(=O)N1CCC[C@H]1C(=O)N[C@@H](Cc1ccc(O)cc1)C(=O)NCC(=O)NCC(=O)N[C@@H](CS)C(=O)O. The van der Waals surface area contributed by atoms with E-state index >= 15 is 0 Å². The Morgan fingerprint density at radius 2 is 1.27 bits per heavy atom. The van der Waals surface area contributed by atoms with Gasteiger partial charge in [0.1, 0.15) is 29.9 Å². The molecule has 1 aliphatic heterocycles. The highest BCUT2D eigenvalue weighted by atomic mass is 32.1. The molecule has 0 aromatic heterocycles. The van der Waals surface area contributed by atoms with Crippen LogP contribution in [-0.2, 0) is 51.2 Å². The molecule has 1 saturated heterocycles. The van der Waals surface area contributed by atoms with Gasteiger partial charge in [0.2, 0.25) is 41.4 Å². The van der Waals surface area contributed by atoms with Crippen molar-refractivity contribution in [1.82, 2.24) is 36.8 Å². The molecule has 3 rings (SSSR count). The molecule has 0 saturated carbocycles. The van der Waals surface area contributed by atoms with E-state index < -0.39 is 97.2 Å². The first kappa shape index (κ1) is 44.1. The van der Waals surface area contributed by atoms with Gasteiger partial charge in [0.25, 0.3) is 0 Å². The fourth-order valence-corrected chi connectivity index (χ4v) is 5.90. The molecule has 10 N–H and O–H groups in total. The molecule has 0 aliphatic carbocycles. The number of benzene rings is 2. The molecule has 0 unspecified atom stereocenters. The minimum absolute atomic E-state index is 0.0283. The van der Waals surface area contributed by atoms with Crippen LogP contribution in [0, 0.1) is 0 Å². The highest BCUT2D eigenvalue weighted by Crippen LogP contribution is 2.21. The van der Waals surface area contributed by atoms with E-state index in [2.05, 4.69) is 57.2 Å². The van der Waals surface area contributed by atoms with Crippen molar-refractivity contribution in [3.8, 4) is 5.75 Å². The number of carboxylic acid groups (broad SMARTS) is 1. The van der Waals surface area contributed by atoms with Gasteiger partial charge in [-0.1, -0.05) is 42.5 Å². The zero-order valence-corrected chi connectivity index (χ0v) is 31.5. The number of carbonyl (C=O) groups excluding carboxylic acids is 7. The number of thiol groups is 2. The van der Waals surface area contributed by atoms with Crippen molar-refractivity contribution in [3.05, 3.63) is 65.7 Å². The number of nitrogens with two attached hydrogens (primary N) is 1. The number of hydrogen-bond donors (Lipinski definition) is 11. The molecular weight excluding hydrogens is 757 g/mol. The Morgan fingerprint density at radius 1 is 0.709 bits per heavy atom. The second kappa shape index (κ2) is 22.1. The number of nitrogens with one attached hydrogen (secondary N) is 6. The van der Waals surface area contributed by atoms with E-state index in [0.717, 1.165) is 5.56 Å². The van der Waals surface area contributed by atoms with Gasteiger partial charge in [0, 0.05) is 30.9 Å². The predicted octanol–water partition coefficient (Wildman–Crippen LogP) is -2.76. The van der Waals surface area contributed by atoms with Gasteiger partial charge in [-0.2, -0.15) is 25.3 Å². The summed E-state index contributed by atoms with van der Waals surface area (Å²) in [5, 5.41) is 33.4. The molecular formula is C35H46N8O10S2. The van der Waals surface area contributed by atoms with Gasteiger partial charge in [0.15, 0.2) is 0 Å². The Bertz CT molecular complexity index is 1680. The molecule has 2 aromatic carbocycles. The van der Waals surface area contributed by atoms with Crippen LogP contribution in [0.25, 0.3) is 0 Å². The van der Waals surface area contributed by atoms with Crippen LogP contribution in [0.15, 0.2) is 54.6 Å². The molecule has 0 radical (unpaired) electrons. The minimum Gasteiger partial charge on any atom is -0.508 e. The van der Waals surface area contributed by atoms with Crippen LogP contribution >= 0.6 is 25.3 Å². The number of aliphatic carboxylic acids is 1. The predicted molar refractivity (Wildman–Crippen MR) is 205 cm³/mol. The van der Waals surface area contributed by atoms with Gasteiger partial charge < -0.3 is 52.7 Å². The third kappa shape index (κ3) is 14.4. The summed E-state index contributed by atoms with van der Waals surface area (Å²) in [7, 11) is 0. The summed E-state index contributed by atoms with van der Waals surface area (Å²) in [6.45, 7) is -1.45. The van der Waals surface area contributed by atoms with Crippen LogP contribution in [0.5, 0.6) is 5.75 Å². The molecule has 1 aliphatic rings. The standard InChI is InChI=1S/C35H46N8O10S2/c36-23(18-54)31(48)38-17-30(47)40-25(14-20-5-2-1-3-6-20)34(51)43-12-4-7-27(43)33(50)42-24(13-21-8-10-22(44)11-9-21)32(49)39-15-28(45)37-16-29(46)41-26(19-55)35(52)53/h1-3,5-6,8-11,23-27,44,54-55H,4,7,12-19,36H2,(H,37,45)(H,38,48)(H,39,49)(H,40,47)(H,41,46)(H,42,50)(H,52,53)/t23-,24-,25-,26-,27-/m0/s1.